The highest BCUT2D eigenvalue weighted by atomic mass is 32.2. The highest BCUT2D eigenvalue weighted by molar-refractivity contribution is 7.91. The fraction of sp³-hybridized carbons (Fsp3) is 0.600. The summed E-state index contributed by atoms with van der Waals surface area (Å²) in [7, 11) is -2.90. The van der Waals surface area contributed by atoms with Gasteiger partial charge in [0.1, 0.15) is 15.6 Å². The van der Waals surface area contributed by atoms with Crippen molar-refractivity contribution in [3.05, 3.63) is 29.3 Å². The van der Waals surface area contributed by atoms with Crippen molar-refractivity contribution in [3.63, 3.8) is 0 Å². The van der Waals surface area contributed by atoms with E-state index in [0.717, 1.165) is 25.0 Å². The molecule has 1 aromatic rings. The monoisotopic (exact) mass is 297 g/mol. The molecule has 0 saturated carbocycles. The average molecular weight is 297 g/mol. The van der Waals surface area contributed by atoms with Crippen LogP contribution in [0.4, 0.5) is 0 Å². The molecule has 0 heterocycles. The molecular weight excluding hydrogens is 274 g/mol. The second-order valence-corrected chi connectivity index (χ2v) is 7.77. The van der Waals surface area contributed by atoms with Gasteiger partial charge in [-0.2, -0.15) is 0 Å². The van der Waals surface area contributed by atoms with Crippen molar-refractivity contribution in [3.8, 4) is 5.75 Å². The lowest BCUT2D eigenvalue weighted by Crippen LogP contribution is -2.17. The van der Waals surface area contributed by atoms with Gasteiger partial charge in [0.05, 0.1) is 12.4 Å². The first-order valence-corrected chi connectivity index (χ1v) is 9.05. The largest absolute Gasteiger partial charge is 0.494 e. The van der Waals surface area contributed by atoms with Gasteiger partial charge < -0.3 is 10.5 Å². The van der Waals surface area contributed by atoms with Crippen LogP contribution in [0.5, 0.6) is 5.75 Å². The van der Waals surface area contributed by atoms with Gasteiger partial charge >= 0.3 is 0 Å². The van der Waals surface area contributed by atoms with Crippen LogP contribution in [-0.4, -0.2) is 26.5 Å². The summed E-state index contributed by atoms with van der Waals surface area (Å²) in [4.78, 5) is 0. The molecule has 0 aliphatic heterocycles. The van der Waals surface area contributed by atoms with Crippen molar-refractivity contribution in [2.24, 2.45) is 5.73 Å². The topological polar surface area (TPSA) is 69.4 Å². The summed E-state index contributed by atoms with van der Waals surface area (Å²) in [6, 6.07) is 6.13. The normalized spacial score (nSPS) is 18.6. The molecule has 5 heteroatoms. The minimum atomic E-state index is -2.90. The summed E-state index contributed by atoms with van der Waals surface area (Å²) in [6.07, 6.45) is 3.77. The molecule has 20 heavy (non-hydrogen) atoms. The highest BCUT2D eigenvalue weighted by Gasteiger charge is 2.17. The smallest absolute Gasteiger partial charge is 0.150 e. The maximum atomic E-state index is 11.4. The fourth-order valence-electron chi connectivity index (χ4n) is 2.52. The predicted octanol–water partition coefficient (Wildman–Crippen LogP) is 2.23. The number of benzene rings is 1. The lowest BCUT2D eigenvalue weighted by Gasteiger charge is -2.22. The van der Waals surface area contributed by atoms with E-state index in [0.29, 0.717) is 13.0 Å². The Morgan fingerprint density at radius 1 is 1.40 bits per heavy atom. The van der Waals surface area contributed by atoms with Gasteiger partial charge in [0.2, 0.25) is 0 Å². The number of sulfone groups is 1. The number of fused-ring (bicyclic) bond motifs is 1. The van der Waals surface area contributed by atoms with Gasteiger partial charge in [0.25, 0.3) is 0 Å². The molecule has 1 aliphatic rings. The third kappa shape index (κ3) is 3.96. The molecule has 0 spiro atoms. The predicted molar refractivity (Wildman–Crippen MR) is 80.7 cm³/mol. The van der Waals surface area contributed by atoms with E-state index in [1.807, 2.05) is 12.1 Å². The average Bonchev–Trinajstić information content (AvgIpc) is 2.44. The molecule has 2 rings (SSSR count). The summed E-state index contributed by atoms with van der Waals surface area (Å²) in [5.41, 5.74) is 8.60. The van der Waals surface area contributed by atoms with Crippen molar-refractivity contribution in [1.82, 2.24) is 0 Å². The van der Waals surface area contributed by atoms with E-state index in [9.17, 15) is 8.42 Å². The molecule has 0 fully saturated rings. The lowest BCUT2D eigenvalue weighted by molar-refractivity contribution is 0.316. The van der Waals surface area contributed by atoms with E-state index in [1.165, 1.54) is 11.1 Å². The van der Waals surface area contributed by atoms with Crippen molar-refractivity contribution < 1.29 is 13.2 Å². The summed E-state index contributed by atoms with van der Waals surface area (Å²) in [5, 5.41) is 0. The van der Waals surface area contributed by atoms with Crippen LogP contribution in [0.15, 0.2) is 18.2 Å². The molecule has 1 aromatic carbocycles. The number of hydrogen-bond donors (Lipinski definition) is 1. The van der Waals surface area contributed by atoms with Gasteiger partial charge in [0, 0.05) is 11.8 Å². The number of rotatable bonds is 6. The minimum Gasteiger partial charge on any atom is -0.494 e. The van der Waals surface area contributed by atoms with E-state index >= 15 is 0 Å². The first kappa shape index (κ1) is 15.3. The third-order valence-corrected chi connectivity index (χ3v) is 5.58. The number of aryl methyl sites for hydroxylation is 1. The standard InChI is InChI=1S/C15H23NO3S/c1-2-20(17,18)10-4-9-19-13-8-7-12-5-3-6-15(16)14(12)11-13/h7-8,11,15H,2-6,9-10,16H2,1H3. The van der Waals surface area contributed by atoms with Crippen LogP contribution in [0, 0.1) is 0 Å². The Kier molecular flexibility index (Phi) is 5.05. The van der Waals surface area contributed by atoms with Gasteiger partial charge in [-0.1, -0.05) is 13.0 Å². The van der Waals surface area contributed by atoms with E-state index in [-0.39, 0.29) is 17.5 Å². The van der Waals surface area contributed by atoms with Crippen LogP contribution >= 0.6 is 0 Å². The maximum Gasteiger partial charge on any atom is 0.150 e. The van der Waals surface area contributed by atoms with E-state index in [2.05, 4.69) is 6.07 Å². The molecule has 0 amide bonds. The van der Waals surface area contributed by atoms with Gasteiger partial charge in [-0.15, -0.1) is 0 Å². The molecule has 4 nitrogen and oxygen atoms in total. The molecule has 1 atom stereocenters. The molecule has 0 radical (unpaired) electrons. The molecule has 0 aromatic heterocycles. The zero-order chi connectivity index (χ0) is 14.6. The summed E-state index contributed by atoms with van der Waals surface area (Å²) >= 11 is 0. The van der Waals surface area contributed by atoms with E-state index < -0.39 is 9.84 Å². The zero-order valence-corrected chi connectivity index (χ0v) is 12.8. The van der Waals surface area contributed by atoms with Gasteiger partial charge in [0.15, 0.2) is 0 Å². The molecule has 1 unspecified atom stereocenters. The van der Waals surface area contributed by atoms with Crippen LogP contribution < -0.4 is 10.5 Å². The third-order valence-electron chi connectivity index (χ3n) is 3.79. The Balaban J connectivity index is 1.89. The minimum absolute atomic E-state index is 0.0998. The summed E-state index contributed by atoms with van der Waals surface area (Å²) in [6.45, 7) is 2.09. The molecular formula is C15H23NO3S. The Labute approximate surface area is 121 Å². The first-order valence-electron chi connectivity index (χ1n) is 7.23. The second kappa shape index (κ2) is 6.59. The van der Waals surface area contributed by atoms with Crippen LogP contribution in [0.3, 0.4) is 0 Å². The van der Waals surface area contributed by atoms with Crippen LogP contribution in [0.25, 0.3) is 0 Å². The number of nitrogens with two attached hydrogens (primary N) is 1. The summed E-state index contributed by atoms with van der Waals surface area (Å²) in [5.74, 6) is 1.17. The van der Waals surface area contributed by atoms with Crippen molar-refractivity contribution in [1.29, 1.82) is 0 Å². The lowest BCUT2D eigenvalue weighted by atomic mass is 9.88. The zero-order valence-electron chi connectivity index (χ0n) is 12.0. The molecule has 0 saturated heterocycles. The molecule has 0 bridgehead atoms. The molecule has 1 aliphatic carbocycles. The van der Waals surface area contributed by atoms with Crippen molar-refractivity contribution >= 4 is 9.84 Å². The van der Waals surface area contributed by atoms with Crippen molar-refractivity contribution in [2.45, 2.75) is 38.6 Å². The van der Waals surface area contributed by atoms with Crippen LogP contribution in [0.2, 0.25) is 0 Å². The Morgan fingerprint density at radius 2 is 2.20 bits per heavy atom. The molecule has 2 N–H and O–H groups in total. The van der Waals surface area contributed by atoms with E-state index in [4.69, 9.17) is 10.5 Å². The first-order chi connectivity index (χ1) is 9.52. The summed E-state index contributed by atoms with van der Waals surface area (Å²) < 4.78 is 28.4. The van der Waals surface area contributed by atoms with Crippen molar-refractivity contribution in [2.75, 3.05) is 18.1 Å². The number of ether oxygens (including phenoxy) is 1. The Hall–Kier alpha value is -1.07. The highest BCUT2D eigenvalue weighted by Crippen LogP contribution is 2.30. The van der Waals surface area contributed by atoms with Crippen LogP contribution in [0.1, 0.15) is 43.4 Å². The number of hydrogen-bond acceptors (Lipinski definition) is 4. The Morgan fingerprint density at radius 3 is 2.95 bits per heavy atom. The molecule has 112 valence electrons. The van der Waals surface area contributed by atoms with Crippen LogP contribution in [-0.2, 0) is 16.3 Å². The quantitative estimate of drug-likeness (QED) is 0.817. The van der Waals surface area contributed by atoms with Gasteiger partial charge in [-0.3, -0.25) is 0 Å². The second-order valence-electron chi connectivity index (χ2n) is 5.30. The van der Waals surface area contributed by atoms with Gasteiger partial charge in [-0.05, 0) is 48.9 Å². The van der Waals surface area contributed by atoms with E-state index in [1.54, 1.807) is 6.92 Å². The van der Waals surface area contributed by atoms with Gasteiger partial charge in [-0.25, -0.2) is 8.42 Å². The Bertz CT molecular complexity index is 554. The fourth-order valence-corrected chi connectivity index (χ4v) is 3.36. The maximum absolute atomic E-state index is 11.4. The SMILES string of the molecule is CCS(=O)(=O)CCCOc1ccc2c(c1)C(N)CCC2.